The van der Waals surface area contributed by atoms with Gasteiger partial charge in [-0.15, -0.1) is 12.4 Å². The molecule has 3 aliphatic carbocycles. The molecule has 0 saturated heterocycles. The van der Waals surface area contributed by atoms with Gasteiger partial charge in [-0.3, -0.25) is 4.79 Å². The van der Waals surface area contributed by atoms with Gasteiger partial charge >= 0.3 is 0 Å². The molecule has 2 bridgehead atoms. The van der Waals surface area contributed by atoms with Crippen LogP contribution in [0.1, 0.15) is 74.8 Å². The normalized spacial score (nSPS) is 25.6. The van der Waals surface area contributed by atoms with E-state index in [-0.39, 0.29) is 35.2 Å². The summed E-state index contributed by atoms with van der Waals surface area (Å²) in [6.45, 7) is 6.95. The first-order valence-corrected chi connectivity index (χ1v) is 14.1. The van der Waals surface area contributed by atoms with Crippen LogP contribution < -0.4 is 5.32 Å². The van der Waals surface area contributed by atoms with E-state index < -0.39 is 0 Å². The molecule has 7 heteroatoms. The molecule has 3 atom stereocenters. The van der Waals surface area contributed by atoms with Gasteiger partial charge in [0.2, 0.25) is 0 Å². The average Bonchev–Trinajstić information content (AvgIpc) is 3.48. The Morgan fingerprint density at radius 3 is 2.45 bits per heavy atom. The first-order chi connectivity index (χ1) is 17.7. The van der Waals surface area contributed by atoms with E-state index in [0.717, 1.165) is 28.1 Å². The molecule has 1 N–H and O–H groups in total. The Morgan fingerprint density at radius 2 is 1.76 bits per heavy atom. The number of aromatic nitrogens is 2. The SMILES string of the molecule is CC1(C)C2CC[C@@](C)(C2)C1NC(=O)c1nn(-c2ccc(Cl)cc2Cl)c2c1ccc1cc(C3CC3)ccc12.Cl. The number of hydrogen-bond donors (Lipinski definition) is 1. The molecule has 0 aliphatic heterocycles. The fraction of sp³-hybridized carbons (Fsp3) is 0.419. The molecule has 198 valence electrons. The van der Waals surface area contributed by atoms with E-state index in [9.17, 15) is 4.79 Å². The Hall–Kier alpha value is -2.27. The van der Waals surface area contributed by atoms with E-state index in [2.05, 4.69) is 50.4 Å². The maximum absolute atomic E-state index is 14.0. The number of amides is 1. The van der Waals surface area contributed by atoms with E-state index in [1.54, 1.807) is 6.07 Å². The lowest BCUT2D eigenvalue weighted by molar-refractivity contribution is 0.0734. The molecule has 1 aromatic heterocycles. The van der Waals surface area contributed by atoms with Crippen molar-refractivity contribution in [3.05, 3.63) is 69.8 Å². The Morgan fingerprint density at radius 1 is 1.00 bits per heavy atom. The molecule has 2 unspecified atom stereocenters. The van der Waals surface area contributed by atoms with Crippen molar-refractivity contribution in [1.82, 2.24) is 15.1 Å². The van der Waals surface area contributed by atoms with Gasteiger partial charge in [0.15, 0.2) is 5.69 Å². The van der Waals surface area contributed by atoms with Crippen LogP contribution in [0.25, 0.3) is 27.4 Å². The lowest BCUT2D eigenvalue weighted by Gasteiger charge is -2.43. The molecule has 3 aliphatic rings. The van der Waals surface area contributed by atoms with E-state index >= 15 is 0 Å². The molecule has 1 heterocycles. The van der Waals surface area contributed by atoms with Crippen LogP contribution in [0.4, 0.5) is 0 Å². The molecular weight excluding hydrogens is 537 g/mol. The summed E-state index contributed by atoms with van der Waals surface area (Å²) in [4.78, 5) is 14.0. The van der Waals surface area contributed by atoms with Crippen LogP contribution in [-0.4, -0.2) is 21.7 Å². The number of carbonyl (C=O) groups excluding carboxylic acids is 1. The summed E-state index contributed by atoms with van der Waals surface area (Å²) in [5.41, 5.74) is 3.62. The lowest BCUT2D eigenvalue weighted by atomic mass is 9.68. The van der Waals surface area contributed by atoms with Gasteiger partial charge in [0.1, 0.15) is 0 Å². The minimum Gasteiger partial charge on any atom is -0.347 e. The van der Waals surface area contributed by atoms with E-state index in [1.165, 1.54) is 31.2 Å². The van der Waals surface area contributed by atoms with Gasteiger partial charge in [-0.05, 0) is 90.0 Å². The van der Waals surface area contributed by atoms with Crippen molar-refractivity contribution in [2.75, 3.05) is 0 Å². The quantitative estimate of drug-likeness (QED) is 0.267. The smallest absolute Gasteiger partial charge is 0.272 e. The zero-order valence-electron chi connectivity index (χ0n) is 21.9. The van der Waals surface area contributed by atoms with Gasteiger partial charge in [-0.25, -0.2) is 4.68 Å². The van der Waals surface area contributed by atoms with E-state index in [4.69, 9.17) is 28.3 Å². The van der Waals surface area contributed by atoms with Gasteiger partial charge in [-0.1, -0.05) is 68.2 Å². The second-order valence-electron chi connectivity index (χ2n) is 12.4. The van der Waals surface area contributed by atoms with Crippen molar-refractivity contribution < 1.29 is 4.79 Å². The van der Waals surface area contributed by atoms with Gasteiger partial charge in [0, 0.05) is 21.8 Å². The van der Waals surface area contributed by atoms with Crippen molar-refractivity contribution in [2.24, 2.45) is 16.7 Å². The summed E-state index contributed by atoms with van der Waals surface area (Å²) in [5, 5.41) is 12.5. The highest BCUT2D eigenvalue weighted by molar-refractivity contribution is 6.36. The van der Waals surface area contributed by atoms with Crippen molar-refractivity contribution in [3.63, 3.8) is 0 Å². The summed E-state index contributed by atoms with van der Waals surface area (Å²) in [5.74, 6) is 1.20. The predicted molar refractivity (Wildman–Crippen MR) is 158 cm³/mol. The fourth-order valence-corrected chi connectivity index (χ4v) is 7.97. The molecule has 4 nitrogen and oxygen atoms in total. The molecule has 3 saturated carbocycles. The number of nitrogens with zero attached hydrogens (tertiary/aromatic N) is 2. The highest BCUT2D eigenvalue weighted by atomic mass is 35.5. The van der Waals surface area contributed by atoms with Gasteiger partial charge in [-0.2, -0.15) is 5.10 Å². The minimum absolute atomic E-state index is 0. The Balaban J connectivity index is 0.00000264. The molecule has 0 radical (unpaired) electrons. The number of fused-ring (bicyclic) bond motifs is 5. The second-order valence-corrected chi connectivity index (χ2v) is 13.2. The zero-order valence-corrected chi connectivity index (χ0v) is 24.2. The number of halogens is 3. The summed E-state index contributed by atoms with van der Waals surface area (Å²) >= 11 is 12.9. The van der Waals surface area contributed by atoms with Crippen LogP contribution in [0.3, 0.4) is 0 Å². The summed E-state index contributed by atoms with van der Waals surface area (Å²) in [7, 11) is 0. The molecule has 38 heavy (non-hydrogen) atoms. The van der Waals surface area contributed by atoms with Gasteiger partial charge in [0.05, 0.1) is 16.2 Å². The third-order valence-electron chi connectivity index (χ3n) is 9.63. The predicted octanol–water partition coefficient (Wildman–Crippen LogP) is 8.73. The van der Waals surface area contributed by atoms with Gasteiger partial charge in [0.25, 0.3) is 5.91 Å². The summed E-state index contributed by atoms with van der Waals surface area (Å²) in [6, 6.07) is 16.4. The molecular formula is C31H32Cl3N3O. The number of benzene rings is 3. The number of carbonyl (C=O) groups is 1. The maximum atomic E-state index is 14.0. The van der Waals surface area contributed by atoms with E-state index in [0.29, 0.717) is 33.3 Å². The highest BCUT2D eigenvalue weighted by Gasteiger charge is 2.59. The van der Waals surface area contributed by atoms with Gasteiger partial charge < -0.3 is 5.32 Å². The molecule has 3 fully saturated rings. The highest BCUT2D eigenvalue weighted by Crippen LogP contribution is 2.62. The topological polar surface area (TPSA) is 46.9 Å². The number of nitrogens with one attached hydrogen (secondary N) is 1. The largest absolute Gasteiger partial charge is 0.347 e. The van der Waals surface area contributed by atoms with Crippen LogP contribution in [0.2, 0.25) is 10.0 Å². The number of hydrogen-bond acceptors (Lipinski definition) is 2. The standard InChI is InChI=1S/C31H31Cl2N3O.ClH/c1-30(2)20-12-13-31(3,16-20)29(30)34-28(37)26-23-10-7-19-14-18(17-4-5-17)6-9-22(19)27(23)36(35-26)25-11-8-21(32)15-24(25)33;/h6-11,14-15,17,20,29H,4-5,12-13,16H2,1-3H3,(H,34,37);1H/t20?,29?,31-;/m0./s1. The second kappa shape index (κ2) is 8.87. The van der Waals surface area contributed by atoms with Crippen molar-refractivity contribution >= 4 is 63.2 Å². The molecule has 7 rings (SSSR count). The minimum atomic E-state index is -0.116. The van der Waals surface area contributed by atoms with Crippen LogP contribution in [0, 0.1) is 16.7 Å². The van der Waals surface area contributed by atoms with Crippen molar-refractivity contribution in [1.29, 1.82) is 0 Å². The average molecular weight is 569 g/mol. The van der Waals surface area contributed by atoms with Crippen LogP contribution >= 0.6 is 35.6 Å². The van der Waals surface area contributed by atoms with Crippen LogP contribution in [0.5, 0.6) is 0 Å². The fourth-order valence-electron chi connectivity index (χ4n) is 7.48. The zero-order chi connectivity index (χ0) is 25.7. The summed E-state index contributed by atoms with van der Waals surface area (Å²) in [6.07, 6.45) is 6.10. The van der Waals surface area contributed by atoms with Crippen molar-refractivity contribution in [2.45, 2.75) is 64.8 Å². The Kier molecular flexibility index (Phi) is 6.07. The monoisotopic (exact) mass is 567 g/mol. The lowest BCUT2D eigenvalue weighted by Crippen LogP contribution is -2.52. The molecule has 1 amide bonds. The first kappa shape index (κ1) is 26.0. The summed E-state index contributed by atoms with van der Waals surface area (Å²) < 4.78 is 1.83. The molecule has 3 aromatic carbocycles. The number of rotatable bonds is 4. The van der Waals surface area contributed by atoms with Crippen LogP contribution in [-0.2, 0) is 0 Å². The van der Waals surface area contributed by atoms with Crippen LogP contribution in [0.15, 0.2) is 48.5 Å². The van der Waals surface area contributed by atoms with E-state index in [1.807, 2.05) is 22.9 Å². The third kappa shape index (κ3) is 3.86. The third-order valence-corrected chi connectivity index (χ3v) is 10.2. The van der Waals surface area contributed by atoms with Crippen molar-refractivity contribution in [3.8, 4) is 5.69 Å². The Labute approximate surface area is 239 Å². The Bertz CT molecular complexity index is 1600. The molecule has 0 spiro atoms. The molecule has 4 aromatic rings. The first-order valence-electron chi connectivity index (χ1n) is 13.4. The maximum Gasteiger partial charge on any atom is 0.272 e.